The predicted molar refractivity (Wildman–Crippen MR) is 138 cm³/mol. The molecule has 3 aromatic heterocycles. The Labute approximate surface area is 227 Å². The summed E-state index contributed by atoms with van der Waals surface area (Å²) in [5.41, 5.74) is 6.96. The molecule has 0 radical (unpaired) electrons. The van der Waals surface area contributed by atoms with Crippen LogP contribution in [0.25, 0.3) is 28.1 Å². The Morgan fingerprint density at radius 2 is 1.92 bits per heavy atom. The number of fused-ring (bicyclic) bond motifs is 2. The highest BCUT2D eigenvalue weighted by Crippen LogP contribution is 2.39. The van der Waals surface area contributed by atoms with Crippen LogP contribution < -0.4 is 10.5 Å². The van der Waals surface area contributed by atoms with Gasteiger partial charge in [-0.2, -0.15) is 13.2 Å². The molecule has 4 heterocycles. The number of halogens is 6. The van der Waals surface area contributed by atoms with Crippen LogP contribution in [0.4, 0.5) is 17.6 Å². The summed E-state index contributed by atoms with van der Waals surface area (Å²) >= 11 is 0. The summed E-state index contributed by atoms with van der Waals surface area (Å²) in [7, 11) is 0. The maximum Gasteiger partial charge on any atom is 0.408 e. The fourth-order valence-corrected chi connectivity index (χ4v) is 4.55. The van der Waals surface area contributed by atoms with Gasteiger partial charge in [-0.25, -0.2) is 9.37 Å². The Balaban J connectivity index is 0.00000200. The number of nitrogens with zero attached hydrogens (tertiary/aromatic N) is 5. The number of pyridine rings is 2. The van der Waals surface area contributed by atoms with Crippen molar-refractivity contribution in [1.82, 2.24) is 24.5 Å². The third-order valence-electron chi connectivity index (χ3n) is 6.18. The van der Waals surface area contributed by atoms with Gasteiger partial charge < -0.3 is 15.6 Å². The molecule has 1 aliphatic heterocycles. The number of nitrogens with two attached hydrogens (primary N) is 1. The summed E-state index contributed by atoms with van der Waals surface area (Å²) in [5.74, 6) is -0.0795. The van der Waals surface area contributed by atoms with E-state index in [2.05, 4.69) is 15.2 Å². The molecule has 1 fully saturated rings. The second kappa shape index (κ2) is 12.0. The number of hydrogen-bond acceptors (Lipinski definition) is 7. The lowest BCUT2D eigenvalue weighted by Crippen LogP contribution is -2.38. The quantitative estimate of drug-likeness (QED) is 0.249. The zero-order chi connectivity index (χ0) is 25.4. The van der Waals surface area contributed by atoms with E-state index in [1.807, 2.05) is 0 Å². The first-order valence-corrected chi connectivity index (χ1v) is 11.5. The zero-order valence-corrected chi connectivity index (χ0v) is 21.6. The molecule has 206 valence electrons. The number of likely N-dealkylation sites (tertiary alicyclic amines) is 1. The number of aromatic nitrogens is 4. The zero-order valence-electron chi connectivity index (χ0n) is 19.9. The lowest BCUT2D eigenvalue weighted by molar-refractivity contribution is -0.183. The van der Waals surface area contributed by atoms with Crippen LogP contribution in [0.1, 0.15) is 24.4 Å². The Morgan fingerprint density at radius 3 is 2.61 bits per heavy atom. The Kier molecular flexibility index (Phi) is 9.37. The summed E-state index contributed by atoms with van der Waals surface area (Å²) in [4.78, 5) is 5.91. The van der Waals surface area contributed by atoms with E-state index in [0.29, 0.717) is 35.1 Å². The van der Waals surface area contributed by atoms with E-state index in [0.717, 1.165) is 0 Å². The van der Waals surface area contributed by atoms with Gasteiger partial charge >= 0.3 is 6.18 Å². The van der Waals surface area contributed by atoms with E-state index in [-0.39, 0.29) is 74.3 Å². The molecule has 0 bridgehead atoms. The Bertz CT molecular complexity index is 1400. The first kappa shape index (κ1) is 29.8. The van der Waals surface area contributed by atoms with E-state index in [1.54, 1.807) is 12.1 Å². The van der Waals surface area contributed by atoms with Gasteiger partial charge in [-0.15, -0.1) is 35.0 Å². The molecule has 14 heteroatoms. The van der Waals surface area contributed by atoms with Crippen molar-refractivity contribution >= 4 is 41.4 Å². The van der Waals surface area contributed by atoms with Gasteiger partial charge in [-0.1, -0.05) is 12.1 Å². The lowest BCUT2D eigenvalue weighted by Gasteiger charge is -2.30. The van der Waals surface area contributed by atoms with E-state index in [4.69, 9.17) is 15.6 Å². The maximum atomic E-state index is 14.1. The highest BCUT2D eigenvalue weighted by molar-refractivity contribution is 5.86. The molecule has 0 amide bonds. The summed E-state index contributed by atoms with van der Waals surface area (Å²) in [5, 5.41) is 17.7. The summed E-state index contributed by atoms with van der Waals surface area (Å²) in [6.07, 6.45) is -2.27. The topological polar surface area (TPSA) is 102 Å². The van der Waals surface area contributed by atoms with Gasteiger partial charge in [0.1, 0.15) is 28.8 Å². The second-order valence-electron chi connectivity index (χ2n) is 8.80. The fraction of sp³-hybridized carbons (Fsp3) is 0.375. The highest BCUT2D eigenvalue weighted by Gasteiger charge is 2.46. The minimum Gasteiger partial charge on any atom is -0.491 e. The smallest absolute Gasteiger partial charge is 0.408 e. The van der Waals surface area contributed by atoms with Crippen LogP contribution in [0.3, 0.4) is 0 Å². The summed E-state index contributed by atoms with van der Waals surface area (Å²) in [6, 6.07) is 6.51. The van der Waals surface area contributed by atoms with Gasteiger partial charge in [-0.3, -0.25) is 9.30 Å². The van der Waals surface area contributed by atoms with Crippen molar-refractivity contribution in [3.63, 3.8) is 0 Å². The third kappa shape index (κ3) is 5.94. The number of aliphatic hydroxyl groups excluding tert-OH is 1. The number of benzene rings is 1. The second-order valence-corrected chi connectivity index (χ2v) is 8.80. The molecule has 0 saturated carbocycles. The van der Waals surface area contributed by atoms with Crippen LogP contribution in [-0.2, 0) is 0 Å². The molecular weight excluding hydrogens is 551 g/mol. The molecule has 0 unspecified atom stereocenters. The van der Waals surface area contributed by atoms with Crippen LogP contribution in [-0.4, -0.2) is 68.1 Å². The number of hydrogen-bond donors (Lipinski definition) is 2. The average Bonchev–Trinajstić information content (AvgIpc) is 3.44. The van der Waals surface area contributed by atoms with E-state index in [9.17, 15) is 17.6 Å². The highest BCUT2D eigenvalue weighted by atomic mass is 35.5. The van der Waals surface area contributed by atoms with E-state index < -0.39 is 18.0 Å². The van der Waals surface area contributed by atoms with Crippen LogP contribution in [0.15, 0.2) is 42.6 Å². The Hall–Kier alpha value is -2.77. The van der Waals surface area contributed by atoms with Crippen LogP contribution in [0, 0.1) is 5.82 Å². The third-order valence-corrected chi connectivity index (χ3v) is 6.18. The molecule has 0 spiro atoms. The first-order chi connectivity index (χ1) is 17.2. The molecule has 0 aliphatic carbocycles. The molecule has 5 rings (SSSR count). The predicted octanol–water partition coefficient (Wildman–Crippen LogP) is 4.32. The van der Waals surface area contributed by atoms with Crippen molar-refractivity contribution in [3.8, 4) is 17.3 Å². The first-order valence-electron chi connectivity index (χ1n) is 11.5. The normalized spacial score (nSPS) is 16.8. The van der Waals surface area contributed by atoms with Gasteiger partial charge in [-0.05, 0) is 30.2 Å². The fourth-order valence-electron chi connectivity index (χ4n) is 4.55. The number of alkyl halides is 3. The molecule has 1 saturated heterocycles. The molecule has 8 nitrogen and oxygen atoms in total. The minimum absolute atomic E-state index is 0. The van der Waals surface area contributed by atoms with Crippen LogP contribution >= 0.6 is 24.8 Å². The SMILES string of the molecule is Cl.Cl.N[C@H]1CCN([C@H](c2ccc3nnc(-c4ccc5cc(F)cc(OCCCO)c5n4)n3c2)C(F)(F)F)C1. The molecule has 1 aromatic carbocycles. The van der Waals surface area contributed by atoms with Crippen molar-refractivity contribution in [2.24, 2.45) is 5.73 Å². The maximum absolute atomic E-state index is 14.1. The van der Waals surface area contributed by atoms with Gasteiger partial charge in [0.2, 0.25) is 0 Å². The molecule has 1 aliphatic rings. The van der Waals surface area contributed by atoms with E-state index in [1.165, 1.54) is 39.8 Å². The summed E-state index contributed by atoms with van der Waals surface area (Å²) in [6.45, 7) is 0.485. The van der Waals surface area contributed by atoms with Crippen molar-refractivity contribution in [1.29, 1.82) is 0 Å². The Morgan fingerprint density at radius 1 is 1.13 bits per heavy atom. The molecular formula is C24H26Cl2F4N6O2. The monoisotopic (exact) mass is 576 g/mol. The largest absolute Gasteiger partial charge is 0.491 e. The van der Waals surface area contributed by atoms with Gasteiger partial charge in [0.15, 0.2) is 11.5 Å². The summed E-state index contributed by atoms with van der Waals surface area (Å²) < 4.78 is 63.5. The number of ether oxygens (including phenoxy) is 1. The van der Waals surface area contributed by atoms with Crippen molar-refractivity contribution < 1.29 is 27.4 Å². The van der Waals surface area contributed by atoms with Gasteiger partial charge in [0.25, 0.3) is 0 Å². The van der Waals surface area contributed by atoms with Gasteiger partial charge in [0, 0.05) is 49.8 Å². The molecule has 3 N–H and O–H groups in total. The standard InChI is InChI=1S/C24H24F4N6O2.2ClH/c25-16-10-14-2-4-18(30-21(14)19(11-16)36-9-1-8-35)23-32-31-20-5-3-15(12-34(20)23)22(24(26,27)28)33-7-6-17(29)13-33;;/h2-5,10-12,17,22,35H,1,6-9,13,29H2;2*1H/t17-,22+;;/m0../s1. The number of aliphatic hydroxyl groups is 1. The van der Waals surface area contributed by atoms with Crippen molar-refractivity contribution in [2.75, 3.05) is 26.3 Å². The molecule has 38 heavy (non-hydrogen) atoms. The van der Waals surface area contributed by atoms with Crippen LogP contribution in [0.5, 0.6) is 5.75 Å². The molecule has 4 aromatic rings. The van der Waals surface area contributed by atoms with Gasteiger partial charge in [0.05, 0.1) is 6.61 Å². The van der Waals surface area contributed by atoms with Crippen molar-refractivity contribution in [2.45, 2.75) is 31.1 Å². The number of rotatable bonds is 7. The molecule has 2 atom stereocenters. The van der Waals surface area contributed by atoms with E-state index >= 15 is 0 Å². The van der Waals surface area contributed by atoms with Crippen LogP contribution in [0.2, 0.25) is 0 Å². The lowest BCUT2D eigenvalue weighted by atomic mass is 10.1. The minimum atomic E-state index is -4.50. The van der Waals surface area contributed by atoms with Crippen molar-refractivity contribution in [3.05, 3.63) is 54.0 Å². The average molecular weight is 577 g/mol.